The fraction of sp³-hybridized carbons (Fsp3) is 0.364. The molecule has 0 aromatic heterocycles. The molecular formula is C11H12Cl2N2O2. The third-order valence-electron chi connectivity index (χ3n) is 2.77. The van der Waals surface area contributed by atoms with Crippen LogP contribution in [0.15, 0.2) is 6.07 Å². The number of amides is 1. The highest BCUT2D eigenvalue weighted by molar-refractivity contribution is 6.39. The van der Waals surface area contributed by atoms with Crippen LogP contribution in [0.5, 0.6) is 5.75 Å². The van der Waals surface area contributed by atoms with E-state index in [1.54, 1.807) is 7.05 Å². The first kappa shape index (κ1) is 12.3. The number of carbonyl (C=O) groups excluding carboxylic acids is 1. The van der Waals surface area contributed by atoms with Crippen molar-refractivity contribution in [3.8, 4) is 5.75 Å². The number of nitrogen functional groups attached to an aromatic ring is 1. The largest absolute Gasteiger partial charge is 0.476 e. The Hall–Kier alpha value is -1.13. The van der Waals surface area contributed by atoms with Gasteiger partial charge in [0.1, 0.15) is 5.69 Å². The van der Waals surface area contributed by atoms with Crippen LogP contribution in [0.1, 0.15) is 13.3 Å². The molecule has 0 saturated heterocycles. The van der Waals surface area contributed by atoms with Gasteiger partial charge < -0.3 is 15.4 Å². The number of anilines is 2. The Morgan fingerprint density at radius 1 is 1.47 bits per heavy atom. The summed E-state index contributed by atoms with van der Waals surface area (Å²) in [6.45, 7) is 1.86. The van der Waals surface area contributed by atoms with Crippen molar-refractivity contribution in [1.82, 2.24) is 0 Å². The number of halogens is 2. The van der Waals surface area contributed by atoms with Crippen molar-refractivity contribution in [2.24, 2.45) is 0 Å². The summed E-state index contributed by atoms with van der Waals surface area (Å²) in [7, 11) is 1.64. The van der Waals surface area contributed by atoms with Gasteiger partial charge in [0.05, 0.1) is 15.7 Å². The first-order valence-electron chi connectivity index (χ1n) is 5.19. The molecule has 4 nitrogen and oxygen atoms in total. The number of benzene rings is 1. The van der Waals surface area contributed by atoms with Crippen LogP contribution in [0.3, 0.4) is 0 Å². The Kier molecular flexibility index (Phi) is 3.10. The number of carbonyl (C=O) groups is 1. The summed E-state index contributed by atoms with van der Waals surface area (Å²) in [4.78, 5) is 13.4. The van der Waals surface area contributed by atoms with E-state index < -0.39 is 6.10 Å². The Morgan fingerprint density at radius 3 is 2.71 bits per heavy atom. The topological polar surface area (TPSA) is 55.6 Å². The number of ether oxygens (including phenoxy) is 1. The standard InChI is InChI=1S/C11H12Cl2N2O2/c1-3-7-11(16)15(2)9-6(13)4-5(12)8(14)10(9)17-7/h4,7H,3,14H2,1-2H3. The molecule has 1 amide bonds. The predicted molar refractivity (Wildman–Crippen MR) is 69.0 cm³/mol. The summed E-state index contributed by atoms with van der Waals surface area (Å²) in [5, 5.41) is 0.677. The van der Waals surface area contributed by atoms with Crippen molar-refractivity contribution in [3.63, 3.8) is 0 Å². The zero-order chi connectivity index (χ0) is 12.7. The van der Waals surface area contributed by atoms with Gasteiger partial charge in [0.2, 0.25) is 0 Å². The summed E-state index contributed by atoms with van der Waals surface area (Å²) in [6.07, 6.45) is 0.0240. The highest BCUT2D eigenvalue weighted by Gasteiger charge is 2.34. The van der Waals surface area contributed by atoms with E-state index in [0.717, 1.165) is 0 Å². The fourth-order valence-electron chi connectivity index (χ4n) is 1.81. The summed E-state index contributed by atoms with van der Waals surface area (Å²) >= 11 is 12.0. The molecule has 17 heavy (non-hydrogen) atoms. The molecule has 1 aliphatic rings. The maximum absolute atomic E-state index is 11.9. The Balaban J connectivity index is 2.64. The average molecular weight is 275 g/mol. The lowest BCUT2D eigenvalue weighted by atomic mass is 10.1. The Bertz CT molecular complexity index is 491. The summed E-state index contributed by atoms with van der Waals surface area (Å²) in [5.41, 5.74) is 6.63. The lowest BCUT2D eigenvalue weighted by Gasteiger charge is -2.33. The van der Waals surface area contributed by atoms with Crippen LogP contribution in [0, 0.1) is 0 Å². The molecule has 1 unspecified atom stereocenters. The summed E-state index contributed by atoms with van der Waals surface area (Å²) in [5.74, 6) is 0.250. The quantitative estimate of drug-likeness (QED) is 0.802. The molecule has 2 N–H and O–H groups in total. The van der Waals surface area contributed by atoms with Gasteiger partial charge >= 0.3 is 0 Å². The van der Waals surface area contributed by atoms with Crippen LogP contribution in [-0.4, -0.2) is 19.1 Å². The smallest absolute Gasteiger partial charge is 0.267 e. The molecule has 0 aliphatic carbocycles. The molecule has 0 saturated carbocycles. The maximum Gasteiger partial charge on any atom is 0.267 e. The van der Waals surface area contributed by atoms with E-state index in [0.29, 0.717) is 33.6 Å². The molecular weight excluding hydrogens is 263 g/mol. The number of nitrogens with two attached hydrogens (primary N) is 1. The van der Waals surface area contributed by atoms with Crippen LogP contribution in [0.2, 0.25) is 10.0 Å². The minimum absolute atomic E-state index is 0.136. The minimum Gasteiger partial charge on any atom is -0.476 e. The second-order valence-corrected chi connectivity index (χ2v) is 4.66. The average Bonchev–Trinajstić information content (AvgIpc) is 2.29. The van der Waals surface area contributed by atoms with Crippen LogP contribution < -0.4 is 15.4 Å². The molecule has 0 radical (unpaired) electrons. The van der Waals surface area contributed by atoms with E-state index in [2.05, 4.69) is 0 Å². The van der Waals surface area contributed by atoms with Gasteiger partial charge in [-0.15, -0.1) is 0 Å². The van der Waals surface area contributed by atoms with E-state index in [4.69, 9.17) is 33.7 Å². The zero-order valence-electron chi connectivity index (χ0n) is 9.46. The van der Waals surface area contributed by atoms with Gasteiger partial charge in [-0.25, -0.2) is 0 Å². The third kappa shape index (κ3) is 1.81. The highest BCUT2D eigenvalue weighted by Crippen LogP contribution is 2.46. The van der Waals surface area contributed by atoms with Gasteiger partial charge in [-0.2, -0.15) is 0 Å². The number of nitrogens with zero attached hydrogens (tertiary/aromatic N) is 1. The number of hydrogen-bond acceptors (Lipinski definition) is 3. The van der Waals surface area contributed by atoms with Gasteiger partial charge in [0, 0.05) is 7.05 Å². The van der Waals surface area contributed by atoms with Crippen LogP contribution in [0.25, 0.3) is 0 Å². The van der Waals surface area contributed by atoms with Crippen molar-refractivity contribution in [3.05, 3.63) is 16.1 Å². The van der Waals surface area contributed by atoms with Gasteiger partial charge in [-0.05, 0) is 12.5 Å². The van der Waals surface area contributed by atoms with Crippen LogP contribution in [0.4, 0.5) is 11.4 Å². The van der Waals surface area contributed by atoms with Crippen LogP contribution in [-0.2, 0) is 4.79 Å². The molecule has 1 aliphatic heterocycles. The first-order valence-corrected chi connectivity index (χ1v) is 5.94. The van der Waals surface area contributed by atoms with Crippen molar-refractivity contribution in [2.45, 2.75) is 19.4 Å². The summed E-state index contributed by atoms with van der Waals surface area (Å²) < 4.78 is 5.57. The molecule has 1 aromatic rings. The highest BCUT2D eigenvalue weighted by atomic mass is 35.5. The lowest BCUT2D eigenvalue weighted by molar-refractivity contribution is -0.126. The summed E-state index contributed by atoms with van der Waals surface area (Å²) in [6, 6.07) is 1.51. The monoisotopic (exact) mass is 274 g/mol. The van der Waals surface area contributed by atoms with Crippen molar-refractivity contribution in [1.29, 1.82) is 0 Å². The molecule has 0 bridgehead atoms. The molecule has 1 aromatic carbocycles. The normalized spacial score (nSPS) is 18.9. The second kappa shape index (κ2) is 4.27. The Labute approximate surface area is 109 Å². The minimum atomic E-state index is -0.538. The van der Waals surface area contributed by atoms with E-state index in [1.807, 2.05) is 6.92 Å². The Morgan fingerprint density at radius 2 is 2.12 bits per heavy atom. The van der Waals surface area contributed by atoms with Gasteiger partial charge in [-0.1, -0.05) is 30.1 Å². The van der Waals surface area contributed by atoms with Gasteiger partial charge in [-0.3, -0.25) is 4.79 Å². The molecule has 1 heterocycles. The van der Waals surface area contributed by atoms with Crippen molar-refractivity contribution < 1.29 is 9.53 Å². The maximum atomic E-state index is 11.9. The van der Waals surface area contributed by atoms with E-state index >= 15 is 0 Å². The SMILES string of the molecule is CCC1Oc2c(N)c(Cl)cc(Cl)c2N(C)C1=O. The third-order valence-corrected chi connectivity index (χ3v) is 3.37. The lowest BCUT2D eigenvalue weighted by Crippen LogP contribution is -2.43. The molecule has 0 spiro atoms. The van der Waals surface area contributed by atoms with Crippen molar-refractivity contribution >= 4 is 40.5 Å². The molecule has 1 atom stereocenters. The fourth-order valence-corrected chi connectivity index (χ4v) is 2.38. The second-order valence-electron chi connectivity index (χ2n) is 3.84. The van der Waals surface area contributed by atoms with Crippen molar-refractivity contribution in [2.75, 3.05) is 17.7 Å². The van der Waals surface area contributed by atoms with E-state index in [9.17, 15) is 4.79 Å². The molecule has 0 fully saturated rings. The van der Waals surface area contributed by atoms with E-state index in [-0.39, 0.29) is 5.91 Å². The molecule has 92 valence electrons. The molecule has 6 heteroatoms. The number of rotatable bonds is 1. The number of fused-ring (bicyclic) bond motifs is 1. The zero-order valence-corrected chi connectivity index (χ0v) is 11.0. The van der Waals surface area contributed by atoms with Gasteiger partial charge in [0.25, 0.3) is 5.91 Å². The molecule has 2 rings (SSSR count). The first-order chi connectivity index (χ1) is 7.97. The predicted octanol–water partition coefficient (Wildman–Crippen LogP) is 2.71. The number of hydrogen-bond donors (Lipinski definition) is 1. The number of likely N-dealkylation sites (N-methyl/N-ethyl adjacent to an activating group) is 1. The van der Waals surface area contributed by atoms with E-state index in [1.165, 1.54) is 11.0 Å². The van der Waals surface area contributed by atoms with Gasteiger partial charge in [0.15, 0.2) is 11.9 Å². The van der Waals surface area contributed by atoms with Crippen LogP contribution >= 0.6 is 23.2 Å².